The second-order valence-corrected chi connectivity index (χ2v) is 4.88. The van der Waals surface area contributed by atoms with Gasteiger partial charge in [-0.3, -0.25) is 4.79 Å². The normalized spacial score (nSPS) is 10.3. The van der Waals surface area contributed by atoms with E-state index in [1.54, 1.807) is 13.0 Å². The quantitative estimate of drug-likeness (QED) is 0.826. The highest BCUT2D eigenvalue weighted by atomic mass is 16.5. The second-order valence-electron chi connectivity index (χ2n) is 4.88. The van der Waals surface area contributed by atoms with Gasteiger partial charge in [0.15, 0.2) is 0 Å². The zero-order chi connectivity index (χ0) is 15.1. The van der Waals surface area contributed by atoms with Crippen LogP contribution in [0.1, 0.15) is 30.0 Å². The molecule has 0 amide bonds. The number of carbonyl (C=O) groups excluding carboxylic acids is 1. The minimum Gasteiger partial charge on any atom is -0.508 e. The summed E-state index contributed by atoms with van der Waals surface area (Å²) < 4.78 is 4.94. The highest BCUT2D eigenvalue weighted by Crippen LogP contribution is 2.25. The van der Waals surface area contributed by atoms with Crippen LogP contribution in [0.4, 0.5) is 0 Å². The SMILES string of the molecule is CCOC(=O)CCc1c(O)cccc1Cc1ccccc1. The van der Waals surface area contributed by atoms with Gasteiger partial charge in [0.2, 0.25) is 0 Å². The van der Waals surface area contributed by atoms with Gasteiger partial charge in [0.05, 0.1) is 6.61 Å². The number of ether oxygens (including phenoxy) is 1. The molecule has 0 unspecified atom stereocenters. The third kappa shape index (κ3) is 4.35. The molecule has 0 aliphatic carbocycles. The monoisotopic (exact) mass is 284 g/mol. The van der Waals surface area contributed by atoms with Gasteiger partial charge in [0.1, 0.15) is 5.75 Å². The van der Waals surface area contributed by atoms with E-state index >= 15 is 0 Å². The summed E-state index contributed by atoms with van der Waals surface area (Å²) >= 11 is 0. The average molecular weight is 284 g/mol. The van der Waals surface area contributed by atoms with E-state index in [9.17, 15) is 9.90 Å². The smallest absolute Gasteiger partial charge is 0.306 e. The summed E-state index contributed by atoms with van der Waals surface area (Å²) in [6.07, 6.45) is 1.52. The van der Waals surface area contributed by atoms with Crippen molar-refractivity contribution < 1.29 is 14.6 Å². The Hall–Kier alpha value is -2.29. The fourth-order valence-corrected chi connectivity index (χ4v) is 2.35. The van der Waals surface area contributed by atoms with E-state index in [1.807, 2.05) is 30.3 Å². The van der Waals surface area contributed by atoms with Crippen LogP contribution in [0.25, 0.3) is 0 Å². The molecule has 2 aromatic carbocycles. The van der Waals surface area contributed by atoms with Crippen LogP contribution in [-0.2, 0) is 22.4 Å². The fourth-order valence-electron chi connectivity index (χ4n) is 2.35. The van der Waals surface area contributed by atoms with Crippen LogP contribution in [0.2, 0.25) is 0 Å². The Morgan fingerprint density at radius 1 is 1.10 bits per heavy atom. The van der Waals surface area contributed by atoms with E-state index < -0.39 is 0 Å². The molecule has 21 heavy (non-hydrogen) atoms. The van der Waals surface area contributed by atoms with Crippen LogP contribution in [0, 0.1) is 0 Å². The van der Waals surface area contributed by atoms with Crippen LogP contribution in [0.15, 0.2) is 48.5 Å². The van der Waals surface area contributed by atoms with Gasteiger partial charge in [0.25, 0.3) is 0 Å². The molecule has 0 spiro atoms. The Balaban J connectivity index is 2.14. The van der Waals surface area contributed by atoms with Crippen molar-refractivity contribution in [3.8, 4) is 5.75 Å². The summed E-state index contributed by atoms with van der Waals surface area (Å²) in [5, 5.41) is 10.1. The van der Waals surface area contributed by atoms with Crippen molar-refractivity contribution in [2.75, 3.05) is 6.61 Å². The van der Waals surface area contributed by atoms with Crippen molar-refractivity contribution in [2.45, 2.75) is 26.2 Å². The summed E-state index contributed by atoms with van der Waals surface area (Å²) in [4.78, 5) is 11.5. The number of aromatic hydroxyl groups is 1. The largest absolute Gasteiger partial charge is 0.508 e. The molecule has 3 heteroatoms. The first kappa shape index (κ1) is 15.1. The number of carbonyl (C=O) groups is 1. The summed E-state index contributed by atoms with van der Waals surface area (Å²) in [6, 6.07) is 15.6. The molecule has 0 saturated carbocycles. The van der Waals surface area contributed by atoms with E-state index in [0.29, 0.717) is 13.0 Å². The summed E-state index contributed by atoms with van der Waals surface area (Å²) in [5.74, 6) is 0.0131. The summed E-state index contributed by atoms with van der Waals surface area (Å²) in [6.45, 7) is 2.18. The van der Waals surface area contributed by atoms with Crippen molar-refractivity contribution in [3.05, 3.63) is 65.2 Å². The van der Waals surface area contributed by atoms with Crippen molar-refractivity contribution in [1.29, 1.82) is 0 Å². The van der Waals surface area contributed by atoms with Crippen LogP contribution < -0.4 is 0 Å². The molecule has 0 bridgehead atoms. The maximum Gasteiger partial charge on any atom is 0.306 e. The minimum absolute atomic E-state index is 0.230. The number of hydrogen-bond donors (Lipinski definition) is 1. The lowest BCUT2D eigenvalue weighted by Gasteiger charge is -2.11. The van der Waals surface area contributed by atoms with Gasteiger partial charge >= 0.3 is 5.97 Å². The zero-order valence-corrected chi connectivity index (χ0v) is 12.2. The highest BCUT2D eigenvalue weighted by molar-refractivity contribution is 5.70. The number of esters is 1. The first-order chi connectivity index (χ1) is 10.2. The zero-order valence-electron chi connectivity index (χ0n) is 12.2. The molecule has 0 saturated heterocycles. The maximum absolute atomic E-state index is 11.5. The van der Waals surface area contributed by atoms with E-state index in [4.69, 9.17) is 4.74 Å². The summed E-state index contributed by atoms with van der Waals surface area (Å²) in [7, 11) is 0. The number of hydrogen-bond acceptors (Lipinski definition) is 3. The second kappa shape index (κ2) is 7.48. The molecule has 2 rings (SSSR count). The molecule has 110 valence electrons. The van der Waals surface area contributed by atoms with E-state index in [-0.39, 0.29) is 18.1 Å². The molecule has 0 aromatic heterocycles. The third-order valence-corrected chi connectivity index (χ3v) is 3.37. The molecule has 0 radical (unpaired) electrons. The van der Waals surface area contributed by atoms with Crippen LogP contribution >= 0.6 is 0 Å². The van der Waals surface area contributed by atoms with Crippen LogP contribution in [0.3, 0.4) is 0 Å². The Bertz CT molecular complexity index is 591. The number of rotatable bonds is 6. The lowest BCUT2D eigenvalue weighted by atomic mass is 9.96. The molecule has 0 aliphatic rings. The van der Waals surface area contributed by atoms with Crippen molar-refractivity contribution in [3.63, 3.8) is 0 Å². The standard InChI is InChI=1S/C18H20O3/c1-2-21-18(20)12-11-16-15(9-6-10-17(16)19)13-14-7-4-3-5-8-14/h3-10,19H,2,11-13H2,1H3. The fraction of sp³-hybridized carbons (Fsp3) is 0.278. The topological polar surface area (TPSA) is 46.5 Å². The highest BCUT2D eigenvalue weighted by Gasteiger charge is 2.11. The number of benzene rings is 2. The number of phenols is 1. The molecule has 2 aromatic rings. The predicted octanol–water partition coefficient (Wildman–Crippen LogP) is 3.48. The average Bonchev–Trinajstić information content (AvgIpc) is 2.48. The van der Waals surface area contributed by atoms with Crippen LogP contribution in [-0.4, -0.2) is 17.7 Å². The summed E-state index contributed by atoms with van der Waals surface area (Å²) in [5.41, 5.74) is 3.06. The minimum atomic E-state index is -0.230. The van der Waals surface area contributed by atoms with Crippen molar-refractivity contribution in [2.24, 2.45) is 0 Å². The van der Waals surface area contributed by atoms with Crippen molar-refractivity contribution >= 4 is 5.97 Å². The third-order valence-electron chi connectivity index (χ3n) is 3.37. The first-order valence-electron chi connectivity index (χ1n) is 7.20. The van der Waals surface area contributed by atoms with Gasteiger partial charge < -0.3 is 9.84 Å². The molecule has 1 N–H and O–H groups in total. The Morgan fingerprint density at radius 3 is 2.57 bits per heavy atom. The Morgan fingerprint density at radius 2 is 1.86 bits per heavy atom. The molecule has 0 atom stereocenters. The molecule has 0 fully saturated rings. The van der Waals surface area contributed by atoms with Gasteiger partial charge in [0, 0.05) is 6.42 Å². The Labute approximate surface area is 125 Å². The first-order valence-corrected chi connectivity index (χ1v) is 7.20. The Kier molecular flexibility index (Phi) is 5.38. The maximum atomic E-state index is 11.5. The van der Waals surface area contributed by atoms with E-state index in [2.05, 4.69) is 12.1 Å². The van der Waals surface area contributed by atoms with Gasteiger partial charge in [-0.25, -0.2) is 0 Å². The van der Waals surface area contributed by atoms with Crippen LogP contribution in [0.5, 0.6) is 5.75 Å². The van der Waals surface area contributed by atoms with E-state index in [0.717, 1.165) is 17.5 Å². The lowest BCUT2D eigenvalue weighted by molar-refractivity contribution is -0.143. The molecule has 0 heterocycles. The number of phenolic OH excluding ortho intramolecular Hbond substituents is 1. The van der Waals surface area contributed by atoms with E-state index in [1.165, 1.54) is 5.56 Å². The molecule has 0 aliphatic heterocycles. The van der Waals surface area contributed by atoms with Gasteiger partial charge in [-0.15, -0.1) is 0 Å². The van der Waals surface area contributed by atoms with Gasteiger partial charge in [-0.1, -0.05) is 42.5 Å². The molecular formula is C18H20O3. The van der Waals surface area contributed by atoms with Gasteiger partial charge in [-0.2, -0.15) is 0 Å². The predicted molar refractivity (Wildman–Crippen MR) is 82.3 cm³/mol. The van der Waals surface area contributed by atoms with Crippen molar-refractivity contribution in [1.82, 2.24) is 0 Å². The lowest BCUT2D eigenvalue weighted by Crippen LogP contribution is -2.06. The van der Waals surface area contributed by atoms with Gasteiger partial charge in [-0.05, 0) is 42.5 Å². The molecular weight excluding hydrogens is 264 g/mol. The molecule has 3 nitrogen and oxygen atoms in total.